The summed E-state index contributed by atoms with van der Waals surface area (Å²) in [6.07, 6.45) is 4.18. The predicted molar refractivity (Wildman–Crippen MR) is 121 cm³/mol. The van der Waals surface area contributed by atoms with E-state index < -0.39 is 17.8 Å². The fourth-order valence-electron chi connectivity index (χ4n) is 3.95. The van der Waals surface area contributed by atoms with Gasteiger partial charge in [0.1, 0.15) is 16.9 Å². The van der Waals surface area contributed by atoms with E-state index in [0.29, 0.717) is 5.56 Å². The van der Waals surface area contributed by atoms with Gasteiger partial charge in [0.2, 0.25) is 11.8 Å². The molecule has 1 aliphatic carbocycles. The van der Waals surface area contributed by atoms with E-state index in [4.69, 9.17) is 13.9 Å². The molecule has 1 aromatic carbocycles. The van der Waals surface area contributed by atoms with Gasteiger partial charge in [-0.1, -0.05) is 12.1 Å². The molecule has 0 aliphatic heterocycles. The maximum Gasteiger partial charge on any atom is 0.344 e. The summed E-state index contributed by atoms with van der Waals surface area (Å²) in [6, 6.07) is 5.73. The third-order valence-electron chi connectivity index (χ3n) is 5.55. The van der Waals surface area contributed by atoms with Gasteiger partial charge in [-0.05, 0) is 63.6 Å². The molecule has 8 nitrogen and oxygen atoms in total. The number of rotatable bonds is 9. The van der Waals surface area contributed by atoms with Crippen molar-refractivity contribution in [2.75, 3.05) is 18.5 Å². The highest BCUT2D eigenvalue weighted by Gasteiger charge is 2.31. The number of esters is 2. The maximum atomic E-state index is 12.6. The highest BCUT2D eigenvalue weighted by atomic mass is 16.5. The van der Waals surface area contributed by atoms with Crippen molar-refractivity contribution in [3.63, 3.8) is 0 Å². The van der Waals surface area contributed by atoms with E-state index in [-0.39, 0.29) is 54.6 Å². The highest BCUT2D eigenvalue weighted by molar-refractivity contribution is 6.09. The first-order valence-corrected chi connectivity index (χ1v) is 11.3. The topological polar surface area (TPSA) is 112 Å². The lowest BCUT2D eigenvalue weighted by molar-refractivity contribution is -0.116. The summed E-state index contributed by atoms with van der Waals surface area (Å²) in [5.74, 6) is -2.28. The summed E-state index contributed by atoms with van der Waals surface area (Å²) >= 11 is 0. The SMILES string of the molecule is CCOC(=O)c1c(C)oc(NC(=O)CCC(=O)c2ccc3c(c2)CCCC3)c1C(=O)OCC. The molecule has 0 saturated carbocycles. The van der Waals surface area contributed by atoms with Gasteiger partial charge in [-0.25, -0.2) is 9.59 Å². The third kappa shape index (κ3) is 5.69. The minimum absolute atomic E-state index is 0.00375. The van der Waals surface area contributed by atoms with Gasteiger partial charge < -0.3 is 13.9 Å². The molecule has 0 bridgehead atoms. The Kier molecular flexibility index (Phi) is 8.03. The summed E-state index contributed by atoms with van der Waals surface area (Å²) in [5, 5.41) is 2.50. The zero-order valence-electron chi connectivity index (χ0n) is 19.2. The van der Waals surface area contributed by atoms with Gasteiger partial charge in [0.05, 0.1) is 13.2 Å². The number of Topliss-reactive ketones (excluding diaryl/α,β-unsaturated/α-hetero) is 1. The van der Waals surface area contributed by atoms with Crippen LogP contribution in [0.1, 0.15) is 87.5 Å². The molecule has 0 saturated heterocycles. The summed E-state index contributed by atoms with van der Waals surface area (Å²) in [4.78, 5) is 50.0. The largest absolute Gasteiger partial charge is 0.462 e. The zero-order valence-corrected chi connectivity index (χ0v) is 19.2. The monoisotopic (exact) mass is 455 g/mol. The Morgan fingerprint density at radius 1 is 0.909 bits per heavy atom. The molecule has 1 N–H and O–H groups in total. The Morgan fingerprint density at radius 3 is 2.21 bits per heavy atom. The first-order valence-electron chi connectivity index (χ1n) is 11.3. The van der Waals surface area contributed by atoms with Crippen molar-refractivity contribution in [1.29, 1.82) is 0 Å². The minimum Gasteiger partial charge on any atom is -0.462 e. The van der Waals surface area contributed by atoms with Gasteiger partial charge in [-0.3, -0.25) is 14.9 Å². The van der Waals surface area contributed by atoms with Gasteiger partial charge in [0, 0.05) is 18.4 Å². The number of ketones is 1. The molecule has 1 amide bonds. The van der Waals surface area contributed by atoms with Crippen molar-refractivity contribution in [2.24, 2.45) is 0 Å². The molecule has 2 aromatic rings. The zero-order chi connectivity index (χ0) is 24.0. The number of furan rings is 1. The van der Waals surface area contributed by atoms with E-state index in [1.165, 1.54) is 24.5 Å². The highest BCUT2D eigenvalue weighted by Crippen LogP contribution is 2.29. The summed E-state index contributed by atoms with van der Waals surface area (Å²) in [5.41, 5.74) is 2.80. The van der Waals surface area contributed by atoms with Gasteiger partial charge in [0.25, 0.3) is 0 Å². The van der Waals surface area contributed by atoms with Crippen molar-refractivity contribution in [2.45, 2.75) is 59.3 Å². The lowest BCUT2D eigenvalue weighted by atomic mass is 9.89. The number of nitrogens with one attached hydrogen (secondary N) is 1. The molecule has 0 fully saturated rings. The van der Waals surface area contributed by atoms with Crippen LogP contribution in [0.5, 0.6) is 0 Å². The van der Waals surface area contributed by atoms with Crippen LogP contribution in [0.4, 0.5) is 5.88 Å². The predicted octanol–water partition coefficient (Wildman–Crippen LogP) is 4.42. The van der Waals surface area contributed by atoms with Gasteiger partial charge >= 0.3 is 11.9 Å². The number of carbonyl (C=O) groups excluding carboxylic acids is 4. The second-order valence-corrected chi connectivity index (χ2v) is 7.84. The fraction of sp³-hybridized carbons (Fsp3) is 0.440. The number of anilines is 1. The number of ether oxygens (including phenoxy) is 2. The molecular weight excluding hydrogens is 426 g/mol. The normalized spacial score (nSPS) is 12.6. The van der Waals surface area contributed by atoms with Crippen LogP contribution in [0, 0.1) is 6.92 Å². The molecule has 1 aromatic heterocycles. The minimum atomic E-state index is -0.808. The Morgan fingerprint density at radius 2 is 1.55 bits per heavy atom. The van der Waals surface area contributed by atoms with E-state index >= 15 is 0 Å². The van der Waals surface area contributed by atoms with Crippen LogP contribution >= 0.6 is 0 Å². The molecule has 0 spiro atoms. The summed E-state index contributed by atoms with van der Waals surface area (Å²) in [6.45, 7) is 4.94. The Labute approximate surface area is 192 Å². The molecule has 33 heavy (non-hydrogen) atoms. The third-order valence-corrected chi connectivity index (χ3v) is 5.55. The molecule has 0 atom stereocenters. The lowest BCUT2D eigenvalue weighted by Crippen LogP contribution is -2.18. The maximum absolute atomic E-state index is 12.6. The summed E-state index contributed by atoms with van der Waals surface area (Å²) < 4.78 is 15.5. The number of hydrogen-bond donors (Lipinski definition) is 1. The second-order valence-electron chi connectivity index (χ2n) is 7.84. The van der Waals surface area contributed by atoms with Crippen molar-refractivity contribution in [1.82, 2.24) is 0 Å². The molecule has 176 valence electrons. The van der Waals surface area contributed by atoms with Crippen molar-refractivity contribution < 1.29 is 33.1 Å². The standard InChI is InChI=1S/C25H29NO7/c1-4-31-24(29)21-15(3)33-23(22(21)25(30)32-5-2)26-20(28)13-12-19(27)18-11-10-16-8-6-7-9-17(16)14-18/h10-11,14H,4-9,12-13H2,1-3H3,(H,26,28). The molecule has 0 radical (unpaired) electrons. The van der Waals surface area contributed by atoms with Crippen LogP contribution in [0.15, 0.2) is 22.6 Å². The quantitative estimate of drug-likeness (QED) is 0.440. The Balaban J connectivity index is 1.70. The molecule has 1 aliphatic rings. The second kappa shape index (κ2) is 10.9. The molecular formula is C25H29NO7. The van der Waals surface area contributed by atoms with Crippen LogP contribution in [0.25, 0.3) is 0 Å². The van der Waals surface area contributed by atoms with Crippen LogP contribution in [0.3, 0.4) is 0 Å². The molecule has 1 heterocycles. The fourth-order valence-corrected chi connectivity index (χ4v) is 3.95. The van der Waals surface area contributed by atoms with Crippen molar-refractivity contribution in [3.8, 4) is 0 Å². The van der Waals surface area contributed by atoms with Gasteiger partial charge in [-0.15, -0.1) is 0 Å². The first-order chi connectivity index (χ1) is 15.8. The van der Waals surface area contributed by atoms with E-state index in [1.807, 2.05) is 18.2 Å². The first kappa shape index (κ1) is 24.2. The number of fused-ring (bicyclic) bond motifs is 1. The smallest absolute Gasteiger partial charge is 0.344 e. The number of amides is 1. The van der Waals surface area contributed by atoms with Crippen LogP contribution in [0.2, 0.25) is 0 Å². The van der Waals surface area contributed by atoms with E-state index in [2.05, 4.69) is 5.32 Å². The average Bonchev–Trinajstić information content (AvgIpc) is 3.13. The number of hydrogen-bond acceptors (Lipinski definition) is 7. The molecule has 3 rings (SSSR count). The number of carbonyl (C=O) groups is 4. The van der Waals surface area contributed by atoms with Crippen LogP contribution in [-0.2, 0) is 27.1 Å². The Bertz CT molecular complexity index is 1070. The Hall–Kier alpha value is -3.42. The lowest BCUT2D eigenvalue weighted by Gasteiger charge is -2.16. The van der Waals surface area contributed by atoms with E-state index in [0.717, 1.165) is 19.3 Å². The van der Waals surface area contributed by atoms with Crippen LogP contribution < -0.4 is 5.32 Å². The van der Waals surface area contributed by atoms with Gasteiger partial charge in [0.15, 0.2) is 5.78 Å². The van der Waals surface area contributed by atoms with Crippen molar-refractivity contribution >= 4 is 29.5 Å². The molecule has 8 heteroatoms. The van der Waals surface area contributed by atoms with E-state index in [1.54, 1.807) is 13.8 Å². The van der Waals surface area contributed by atoms with Crippen molar-refractivity contribution in [3.05, 3.63) is 51.8 Å². The van der Waals surface area contributed by atoms with Gasteiger partial charge in [-0.2, -0.15) is 0 Å². The molecule has 0 unspecified atom stereocenters. The number of benzene rings is 1. The van der Waals surface area contributed by atoms with E-state index in [9.17, 15) is 19.2 Å². The van der Waals surface area contributed by atoms with Crippen LogP contribution in [-0.4, -0.2) is 36.8 Å². The number of aryl methyl sites for hydroxylation is 3. The average molecular weight is 456 g/mol. The summed E-state index contributed by atoms with van der Waals surface area (Å²) in [7, 11) is 0.